The first-order chi connectivity index (χ1) is 7.68. The normalized spacial score (nSPS) is 41.4. The van der Waals surface area contributed by atoms with Gasteiger partial charge in [-0.15, -0.1) is 0 Å². The monoisotopic (exact) mass is 245 g/mol. The Morgan fingerprint density at radius 3 is 2.75 bits per heavy atom. The number of ether oxygens (including phenoxy) is 1. The van der Waals surface area contributed by atoms with Gasteiger partial charge in [-0.3, -0.25) is 4.21 Å². The molecule has 3 nitrogen and oxygen atoms in total. The van der Waals surface area contributed by atoms with Gasteiger partial charge in [0.25, 0.3) is 0 Å². The van der Waals surface area contributed by atoms with E-state index in [1.165, 1.54) is 12.8 Å². The zero-order valence-electron chi connectivity index (χ0n) is 10.1. The smallest absolute Gasteiger partial charge is 0.0691 e. The lowest BCUT2D eigenvalue weighted by Crippen LogP contribution is -2.29. The molecule has 16 heavy (non-hydrogen) atoms. The van der Waals surface area contributed by atoms with Gasteiger partial charge in [0.2, 0.25) is 0 Å². The van der Waals surface area contributed by atoms with Crippen LogP contribution in [0.3, 0.4) is 0 Å². The van der Waals surface area contributed by atoms with Crippen molar-refractivity contribution in [1.29, 1.82) is 0 Å². The SMILES string of the molecule is CC1OCCC1S(=O)CCC1CCCC1N. The van der Waals surface area contributed by atoms with Crippen LogP contribution in [0.15, 0.2) is 0 Å². The van der Waals surface area contributed by atoms with Crippen molar-refractivity contribution in [2.45, 2.75) is 56.4 Å². The average molecular weight is 245 g/mol. The molecular formula is C12H23NO2S. The summed E-state index contributed by atoms with van der Waals surface area (Å²) in [5.41, 5.74) is 6.02. The van der Waals surface area contributed by atoms with E-state index in [-0.39, 0.29) is 11.4 Å². The molecule has 0 radical (unpaired) electrons. The lowest BCUT2D eigenvalue weighted by Gasteiger charge is -2.17. The van der Waals surface area contributed by atoms with Crippen molar-refractivity contribution in [3.63, 3.8) is 0 Å². The van der Waals surface area contributed by atoms with Crippen molar-refractivity contribution in [3.8, 4) is 0 Å². The third-order valence-corrected chi connectivity index (χ3v) is 5.98. The molecule has 0 aromatic heterocycles. The lowest BCUT2D eigenvalue weighted by molar-refractivity contribution is 0.127. The molecule has 0 aromatic rings. The van der Waals surface area contributed by atoms with Crippen LogP contribution < -0.4 is 5.73 Å². The van der Waals surface area contributed by atoms with Crippen molar-refractivity contribution in [3.05, 3.63) is 0 Å². The van der Waals surface area contributed by atoms with Gasteiger partial charge in [0.15, 0.2) is 0 Å². The van der Waals surface area contributed by atoms with Crippen LogP contribution in [-0.4, -0.2) is 34.0 Å². The molecule has 0 aromatic carbocycles. The Morgan fingerprint density at radius 2 is 2.19 bits per heavy atom. The molecule has 2 fully saturated rings. The van der Waals surface area contributed by atoms with Crippen LogP contribution in [-0.2, 0) is 15.5 Å². The first kappa shape index (κ1) is 12.5. The molecule has 94 valence electrons. The first-order valence-corrected chi connectivity index (χ1v) is 7.81. The van der Waals surface area contributed by atoms with Crippen LogP contribution in [0.4, 0.5) is 0 Å². The lowest BCUT2D eigenvalue weighted by atomic mass is 10.0. The number of hydrogen-bond donors (Lipinski definition) is 1. The third kappa shape index (κ3) is 2.84. The third-order valence-electron chi connectivity index (χ3n) is 4.05. The largest absolute Gasteiger partial charge is 0.377 e. The molecule has 0 amide bonds. The van der Waals surface area contributed by atoms with Crippen LogP contribution in [0, 0.1) is 5.92 Å². The van der Waals surface area contributed by atoms with Gasteiger partial charge >= 0.3 is 0 Å². The van der Waals surface area contributed by atoms with Crippen LogP contribution in [0.1, 0.15) is 39.0 Å². The van der Waals surface area contributed by atoms with E-state index in [0.29, 0.717) is 12.0 Å². The summed E-state index contributed by atoms with van der Waals surface area (Å²) in [6.45, 7) is 2.82. The molecule has 5 atom stereocenters. The van der Waals surface area contributed by atoms with E-state index in [4.69, 9.17) is 10.5 Å². The Kier molecular flexibility index (Phi) is 4.39. The van der Waals surface area contributed by atoms with E-state index in [1.807, 2.05) is 6.92 Å². The maximum atomic E-state index is 12.1. The van der Waals surface area contributed by atoms with E-state index in [2.05, 4.69) is 0 Å². The first-order valence-electron chi connectivity index (χ1n) is 6.43. The van der Waals surface area contributed by atoms with Crippen molar-refractivity contribution in [2.75, 3.05) is 12.4 Å². The molecule has 1 saturated carbocycles. The van der Waals surface area contributed by atoms with Gasteiger partial charge in [-0.25, -0.2) is 0 Å². The fourth-order valence-electron chi connectivity index (χ4n) is 2.90. The summed E-state index contributed by atoms with van der Waals surface area (Å²) in [6, 6.07) is 0.356. The highest BCUT2D eigenvalue weighted by molar-refractivity contribution is 7.85. The number of nitrogens with two attached hydrogens (primary N) is 1. The highest BCUT2D eigenvalue weighted by atomic mass is 32.2. The van der Waals surface area contributed by atoms with Crippen molar-refractivity contribution >= 4 is 10.8 Å². The van der Waals surface area contributed by atoms with Crippen LogP contribution in [0.5, 0.6) is 0 Å². The molecule has 1 saturated heterocycles. The molecule has 1 heterocycles. The van der Waals surface area contributed by atoms with Gasteiger partial charge in [0.1, 0.15) is 0 Å². The van der Waals surface area contributed by atoms with Gasteiger partial charge in [0.05, 0.1) is 11.4 Å². The Hall–Kier alpha value is 0.0700. The molecule has 4 heteroatoms. The van der Waals surface area contributed by atoms with E-state index in [9.17, 15) is 4.21 Å². The summed E-state index contributed by atoms with van der Waals surface area (Å²) >= 11 is 0. The minimum Gasteiger partial charge on any atom is -0.377 e. The van der Waals surface area contributed by atoms with E-state index < -0.39 is 10.8 Å². The van der Waals surface area contributed by atoms with Gasteiger partial charge < -0.3 is 10.5 Å². The fraction of sp³-hybridized carbons (Fsp3) is 1.00. The molecular weight excluding hydrogens is 222 g/mol. The second-order valence-electron chi connectivity index (χ2n) is 5.13. The zero-order valence-corrected chi connectivity index (χ0v) is 10.9. The van der Waals surface area contributed by atoms with Gasteiger partial charge in [-0.1, -0.05) is 6.42 Å². The summed E-state index contributed by atoms with van der Waals surface area (Å²) in [5.74, 6) is 1.43. The molecule has 1 aliphatic carbocycles. The fourth-order valence-corrected chi connectivity index (χ4v) is 4.60. The van der Waals surface area contributed by atoms with Crippen molar-refractivity contribution in [1.82, 2.24) is 0 Å². The van der Waals surface area contributed by atoms with Crippen LogP contribution in [0.25, 0.3) is 0 Å². The predicted octanol–water partition coefficient (Wildman–Crippen LogP) is 1.43. The Balaban J connectivity index is 1.75. The molecule has 0 bridgehead atoms. The average Bonchev–Trinajstić information content (AvgIpc) is 2.84. The van der Waals surface area contributed by atoms with E-state index >= 15 is 0 Å². The van der Waals surface area contributed by atoms with Gasteiger partial charge in [-0.05, 0) is 38.5 Å². The second kappa shape index (κ2) is 5.61. The molecule has 5 unspecified atom stereocenters. The Bertz CT molecular complexity index is 259. The second-order valence-corrected chi connectivity index (χ2v) is 6.91. The summed E-state index contributed by atoms with van der Waals surface area (Å²) < 4.78 is 17.6. The molecule has 2 aliphatic rings. The van der Waals surface area contributed by atoms with Crippen molar-refractivity contribution < 1.29 is 8.95 Å². The quantitative estimate of drug-likeness (QED) is 0.815. The summed E-state index contributed by atoms with van der Waals surface area (Å²) in [7, 11) is -0.717. The molecule has 1 aliphatic heterocycles. The maximum absolute atomic E-state index is 12.1. The molecule has 2 N–H and O–H groups in total. The summed E-state index contributed by atoms with van der Waals surface area (Å²) in [6.07, 6.45) is 5.82. The summed E-state index contributed by atoms with van der Waals surface area (Å²) in [4.78, 5) is 0. The van der Waals surface area contributed by atoms with Crippen LogP contribution >= 0.6 is 0 Å². The number of rotatable bonds is 4. The minimum atomic E-state index is -0.717. The van der Waals surface area contributed by atoms with E-state index in [1.54, 1.807) is 0 Å². The summed E-state index contributed by atoms with van der Waals surface area (Å²) in [5, 5.41) is 0.262. The Morgan fingerprint density at radius 1 is 1.38 bits per heavy atom. The van der Waals surface area contributed by atoms with Crippen molar-refractivity contribution in [2.24, 2.45) is 11.7 Å². The topological polar surface area (TPSA) is 52.3 Å². The molecule has 2 rings (SSSR count). The Labute approximate surface area is 101 Å². The maximum Gasteiger partial charge on any atom is 0.0691 e. The minimum absolute atomic E-state index is 0.179. The van der Waals surface area contributed by atoms with E-state index in [0.717, 1.165) is 31.6 Å². The standard InChI is InChI=1S/C12H23NO2S/c1-9-12(5-7-15-9)16(14)8-6-10-3-2-4-11(10)13/h9-12H,2-8,13H2,1H3. The van der Waals surface area contributed by atoms with Gasteiger partial charge in [-0.2, -0.15) is 0 Å². The predicted molar refractivity (Wildman–Crippen MR) is 66.8 cm³/mol. The van der Waals surface area contributed by atoms with Gasteiger partial charge in [0, 0.05) is 29.2 Å². The highest BCUT2D eigenvalue weighted by Gasteiger charge is 2.31. The van der Waals surface area contributed by atoms with Crippen LogP contribution in [0.2, 0.25) is 0 Å². The zero-order chi connectivity index (χ0) is 11.5. The number of hydrogen-bond acceptors (Lipinski definition) is 3. The molecule has 0 spiro atoms. The highest BCUT2D eigenvalue weighted by Crippen LogP contribution is 2.28.